The van der Waals surface area contributed by atoms with Gasteiger partial charge in [-0.05, 0) is 30.7 Å². The van der Waals surface area contributed by atoms with Crippen LogP contribution in [-0.2, 0) is 0 Å². The molecule has 0 N–H and O–H groups in total. The number of hydrogen-bond donors (Lipinski definition) is 0. The lowest BCUT2D eigenvalue weighted by molar-refractivity contribution is 0.614. The van der Waals surface area contributed by atoms with E-state index in [2.05, 4.69) is 61.7 Å². The van der Waals surface area contributed by atoms with E-state index in [1.54, 1.807) is 12.2 Å². The second-order valence-corrected chi connectivity index (χ2v) is 11.1. The fourth-order valence-electron chi connectivity index (χ4n) is 1.65. The third-order valence-corrected chi connectivity index (χ3v) is 3.68. The minimum absolute atomic E-state index is 0.996. The van der Waals surface area contributed by atoms with Crippen LogP contribution >= 0.6 is 0 Å². The maximum absolute atomic E-state index is 3.26. The van der Waals surface area contributed by atoms with Crippen LogP contribution in [0.1, 0.15) is 51.9 Å². The zero-order valence-corrected chi connectivity index (χ0v) is 15.8. The molecule has 0 amide bonds. The van der Waals surface area contributed by atoms with Gasteiger partial charge in [-0.2, -0.15) is 0 Å². The molecule has 0 aliphatic heterocycles. The van der Waals surface area contributed by atoms with Crippen LogP contribution in [-0.4, -0.2) is 8.07 Å². The Kier molecular flexibility index (Phi) is 13.3. The van der Waals surface area contributed by atoms with Gasteiger partial charge in [0.1, 0.15) is 8.07 Å². The Morgan fingerprint density at radius 1 is 0.682 bits per heavy atom. The highest BCUT2D eigenvalue weighted by atomic mass is 28.3. The van der Waals surface area contributed by atoms with Crippen molar-refractivity contribution in [1.82, 2.24) is 0 Å². The van der Waals surface area contributed by atoms with E-state index in [1.165, 1.54) is 38.5 Å². The first-order valence-corrected chi connectivity index (χ1v) is 11.9. The first-order chi connectivity index (χ1) is 10.6. The third kappa shape index (κ3) is 18.4. The van der Waals surface area contributed by atoms with Crippen LogP contribution in [0.15, 0.2) is 24.3 Å². The Bertz CT molecular complexity index is 510. The van der Waals surface area contributed by atoms with Gasteiger partial charge in [-0.25, -0.2) is 0 Å². The fraction of sp³-hybridized carbons (Fsp3) is 0.524. The van der Waals surface area contributed by atoms with Crippen molar-refractivity contribution in [2.45, 2.75) is 71.5 Å². The summed E-state index contributed by atoms with van der Waals surface area (Å²) >= 11 is 0. The Morgan fingerprint density at radius 2 is 1.23 bits per heavy atom. The molecule has 0 aromatic carbocycles. The van der Waals surface area contributed by atoms with E-state index in [4.69, 9.17) is 0 Å². The Morgan fingerprint density at radius 3 is 1.86 bits per heavy atom. The predicted molar refractivity (Wildman–Crippen MR) is 103 cm³/mol. The van der Waals surface area contributed by atoms with Crippen LogP contribution in [0.4, 0.5) is 0 Å². The molecule has 22 heavy (non-hydrogen) atoms. The molecule has 0 saturated carbocycles. The van der Waals surface area contributed by atoms with Crippen LogP contribution in [0.3, 0.4) is 0 Å². The van der Waals surface area contributed by atoms with E-state index in [1.807, 2.05) is 12.2 Å². The molecule has 0 saturated heterocycles. The van der Waals surface area contributed by atoms with Crippen LogP contribution in [0.5, 0.6) is 0 Å². The van der Waals surface area contributed by atoms with Crippen LogP contribution < -0.4 is 0 Å². The van der Waals surface area contributed by atoms with Crippen LogP contribution in [0.2, 0.25) is 19.6 Å². The van der Waals surface area contributed by atoms with Gasteiger partial charge in [0.15, 0.2) is 0 Å². The summed E-state index contributed by atoms with van der Waals surface area (Å²) in [5.74, 6) is 15.1. The van der Waals surface area contributed by atoms with Crippen molar-refractivity contribution in [2.75, 3.05) is 0 Å². The number of unbranched alkanes of at least 4 members (excludes halogenated alkanes) is 6. The maximum Gasteiger partial charge on any atom is 0.129 e. The molecule has 0 aromatic heterocycles. The molecule has 0 fully saturated rings. The van der Waals surface area contributed by atoms with Gasteiger partial charge < -0.3 is 0 Å². The summed E-state index contributed by atoms with van der Waals surface area (Å²) < 4.78 is 0. The van der Waals surface area contributed by atoms with Crippen molar-refractivity contribution in [3.63, 3.8) is 0 Å². The second kappa shape index (κ2) is 14.3. The summed E-state index contributed by atoms with van der Waals surface area (Å²) in [7, 11) is -1.26. The highest BCUT2D eigenvalue weighted by Gasteiger charge is 2.06. The van der Waals surface area contributed by atoms with Gasteiger partial charge in [0.2, 0.25) is 0 Å². The summed E-state index contributed by atoms with van der Waals surface area (Å²) in [5.41, 5.74) is 3.26. The van der Waals surface area contributed by atoms with Gasteiger partial charge in [-0.15, -0.1) is 5.54 Å². The number of allylic oxidation sites excluding steroid dienone is 4. The van der Waals surface area contributed by atoms with E-state index >= 15 is 0 Å². The van der Waals surface area contributed by atoms with Gasteiger partial charge in [-0.3, -0.25) is 0 Å². The molecule has 0 aromatic rings. The minimum Gasteiger partial charge on any atom is -0.127 e. The molecule has 0 aliphatic rings. The molecule has 0 spiro atoms. The molecule has 0 heterocycles. The van der Waals surface area contributed by atoms with Gasteiger partial charge >= 0.3 is 0 Å². The molecule has 1 heteroatoms. The van der Waals surface area contributed by atoms with E-state index in [0.29, 0.717) is 0 Å². The highest BCUT2D eigenvalue weighted by molar-refractivity contribution is 6.83. The largest absolute Gasteiger partial charge is 0.129 e. The second-order valence-electron chi connectivity index (χ2n) is 6.31. The minimum atomic E-state index is -1.26. The Labute approximate surface area is 139 Å². The van der Waals surface area contributed by atoms with E-state index in [9.17, 15) is 0 Å². The van der Waals surface area contributed by atoms with E-state index < -0.39 is 8.07 Å². The molecule has 0 unspecified atom stereocenters. The molecule has 0 nitrogen and oxygen atoms in total. The standard InChI is InChI=1S/C21H30Si/c1-5-6-7-8-9-10-11-12-13-14-15-16-17-18-19-20-21-22(2,3)4/h14-15,18-19H,5-11H2,1-4H3/b15-14+,19-18+. The summed E-state index contributed by atoms with van der Waals surface area (Å²) in [4.78, 5) is 0. The topological polar surface area (TPSA) is 0 Å². The molecule has 0 bridgehead atoms. The molecule has 0 atom stereocenters. The molecular weight excluding hydrogens is 280 g/mol. The average Bonchev–Trinajstić information content (AvgIpc) is 2.45. The van der Waals surface area contributed by atoms with Crippen molar-refractivity contribution >= 4 is 8.07 Å². The lowest BCUT2D eigenvalue weighted by atomic mass is 10.1. The first-order valence-electron chi connectivity index (χ1n) is 8.38. The maximum atomic E-state index is 3.26. The summed E-state index contributed by atoms with van der Waals surface area (Å²) in [6.07, 6.45) is 16.2. The van der Waals surface area contributed by atoms with Gasteiger partial charge in [-0.1, -0.05) is 88.3 Å². The zero-order valence-electron chi connectivity index (χ0n) is 14.8. The van der Waals surface area contributed by atoms with Crippen molar-refractivity contribution in [2.24, 2.45) is 0 Å². The van der Waals surface area contributed by atoms with Crippen molar-refractivity contribution in [3.8, 4) is 35.1 Å². The Hall–Kier alpha value is -1.62. The SMILES string of the molecule is CCCCCCCCC#C/C=C/C#C/C=C/C#C[Si](C)(C)C. The van der Waals surface area contributed by atoms with Crippen molar-refractivity contribution in [1.29, 1.82) is 0 Å². The van der Waals surface area contributed by atoms with Crippen LogP contribution in [0.25, 0.3) is 0 Å². The molecule has 0 aliphatic carbocycles. The fourth-order valence-corrected chi connectivity index (χ4v) is 2.16. The lowest BCUT2D eigenvalue weighted by Crippen LogP contribution is -2.16. The number of hydrogen-bond acceptors (Lipinski definition) is 0. The highest BCUT2D eigenvalue weighted by Crippen LogP contribution is 2.05. The summed E-state index contributed by atoms with van der Waals surface area (Å²) in [5, 5.41) is 0. The molecule has 0 rings (SSSR count). The smallest absolute Gasteiger partial charge is 0.127 e. The number of rotatable bonds is 6. The quantitative estimate of drug-likeness (QED) is 0.333. The van der Waals surface area contributed by atoms with Gasteiger partial charge in [0.25, 0.3) is 0 Å². The normalized spacial score (nSPS) is 10.5. The average molecular weight is 311 g/mol. The Balaban J connectivity index is 3.75. The van der Waals surface area contributed by atoms with Crippen LogP contribution in [0, 0.1) is 35.1 Å². The zero-order chi connectivity index (χ0) is 16.5. The van der Waals surface area contributed by atoms with Gasteiger partial charge in [0, 0.05) is 6.42 Å². The molecule has 0 radical (unpaired) electrons. The predicted octanol–water partition coefficient (Wildman–Crippen LogP) is 5.74. The van der Waals surface area contributed by atoms with Gasteiger partial charge in [0.05, 0.1) is 0 Å². The summed E-state index contributed by atoms with van der Waals surface area (Å²) in [6.45, 7) is 8.93. The van der Waals surface area contributed by atoms with Crippen molar-refractivity contribution < 1.29 is 0 Å². The van der Waals surface area contributed by atoms with E-state index in [-0.39, 0.29) is 0 Å². The first kappa shape index (κ1) is 20.4. The monoisotopic (exact) mass is 310 g/mol. The lowest BCUT2D eigenvalue weighted by Gasteiger charge is -2.01. The molecular formula is C21H30Si. The molecule has 118 valence electrons. The summed E-state index contributed by atoms with van der Waals surface area (Å²) in [6, 6.07) is 0. The van der Waals surface area contributed by atoms with Crippen molar-refractivity contribution in [3.05, 3.63) is 24.3 Å². The van der Waals surface area contributed by atoms with E-state index in [0.717, 1.165) is 6.42 Å². The third-order valence-electron chi connectivity index (χ3n) is 2.79.